The van der Waals surface area contributed by atoms with Crippen molar-refractivity contribution in [2.24, 2.45) is 5.92 Å². The fourth-order valence-electron chi connectivity index (χ4n) is 1.83. The maximum atomic E-state index is 11.1. The highest BCUT2D eigenvalue weighted by Crippen LogP contribution is 2.24. The first-order valence-electron chi connectivity index (χ1n) is 6.00. The molecular weight excluding hydrogens is 238 g/mol. The van der Waals surface area contributed by atoms with E-state index in [4.69, 9.17) is 19.0 Å². The summed E-state index contributed by atoms with van der Waals surface area (Å²) >= 11 is 0. The van der Waals surface area contributed by atoms with Crippen LogP contribution in [-0.4, -0.2) is 35.9 Å². The lowest BCUT2D eigenvalue weighted by molar-refractivity contribution is -0.0998. The van der Waals surface area contributed by atoms with Crippen molar-refractivity contribution >= 4 is 5.97 Å². The van der Waals surface area contributed by atoms with Crippen LogP contribution in [0.4, 0.5) is 0 Å². The predicted molar refractivity (Wildman–Crippen MR) is 61.5 cm³/mol. The second-order valence-corrected chi connectivity index (χ2v) is 4.67. The number of carboxylic acids is 1. The van der Waals surface area contributed by atoms with E-state index in [-0.39, 0.29) is 5.76 Å². The number of aromatic carboxylic acids is 1. The van der Waals surface area contributed by atoms with Gasteiger partial charge >= 0.3 is 5.97 Å². The fraction of sp³-hybridized carbons (Fsp3) is 0.667. The summed E-state index contributed by atoms with van der Waals surface area (Å²) in [5.41, 5.74) is 0.474. The Morgan fingerprint density at radius 1 is 1.50 bits per heavy atom. The number of hydrogen-bond acceptors (Lipinski definition) is 5. The van der Waals surface area contributed by atoms with E-state index in [9.17, 15) is 4.79 Å². The molecule has 0 aliphatic carbocycles. The van der Waals surface area contributed by atoms with Crippen LogP contribution in [0.3, 0.4) is 0 Å². The van der Waals surface area contributed by atoms with Gasteiger partial charge in [0.2, 0.25) is 11.7 Å². The van der Waals surface area contributed by atoms with Gasteiger partial charge in [-0.15, -0.1) is 0 Å². The fourth-order valence-corrected chi connectivity index (χ4v) is 1.83. The smallest absolute Gasteiger partial charge is 0.373 e. The molecule has 0 radical (unpaired) electrons. The highest BCUT2D eigenvalue weighted by Gasteiger charge is 2.27. The molecule has 1 atom stereocenters. The summed E-state index contributed by atoms with van der Waals surface area (Å²) in [4.78, 5) is 15.3. The number of oxazole rings is 1. The summed E-state index contributed by atoms with van der Waals surface area (Å²) in [5.74, 6) is -0.582. The van der Waals surface area contributed by atoms with E-state index in [1.54, 1.807) is 0 Å². The molecule has 0 bridgehead atoms. The van der Waals surface area contributed by atoms with Crippen molar-refractivity contribution < 1.29 is 23.8 Å². The molecule has 1 aliphatic heterocycles. The molecule has 1 saturated heterocycles. The molecule has 1 N–H and O–H groups in total. The van der Waals surface area contributed by atoms with E-state index in [2.05, 4.69) is 4.98 Å². The number of rotatable bonds is 4. The third kappa shape index (κ3) is 2.88. The van der Waals surface area contributed by atoms with Gasteiger partial charge in [0.1, 0.15) is 0 Å². The number of aromatic nitrogens is 1. The van der Waals surface area contributed by atoms with Crippen LogP contribution in [0.15, 0.2) is 4.42 Å². The summed E-state index contributed by atoms with van der Waals surface area (Å²) < 4.78 is 16.0. The van der Waals surface area contributed by atoms with Crippen molar-refractivity contribution in [1.82, 2.24) is 4.98 Å². The van der Waals surface area contributed by atoms with Crippen LogP contribution in [0, 0.1) is 5.92 Å². The van der Waals surface area contributed by atoms with Crippen LogP contribution in [0.5, 0.6) is 0 Å². The van der Waals surface area contributed by atoms with Gasteiger partial charge in [0, 0.05) is 0 Å². The average molecular weight is 255 g/mol. The van der Waals surface area contributed by atoms with Gasteiger partial charge in [-0.3, -0.25) is 0 Å². The monoisotopic (exact) mass is 255 g/mol. The first kappa shape index (κ1) is 13.0. The highest BCUT2D eigenvalue weighted by atomic mass is 16.6. The molecular formula is C12H17NO5. The van der Waals surface area contributed by atoms with E-state index in [1.165, 1.54) is 0 Å². The lowest BCUT2D eigenvalue weighted by Gasteiger charge is -2.19. The minimum absolute atomic E-state index is 0.0899. The van der Waals surface area contributed by atoms with E-state index in [0.29, 0.717) is 43.7 Å². The number of hydrogen-bond donors (Lipinski definition) is 1. The summed E-state index contributed by atoms with van der Waals surface area (Å²) in [7, 11) is 0. The number of ether oxygens (including phenoxy) is 2. The van der Waals surface area contributed by atoms with Crippen molar-refractivity contribution in [2.75, 3.05) is 19.8 Å². The molecule has 6 nitrogen and oxygen atoms in total. The van der Waals surface area contributed by atoms with Crippen molar-refractivity contribution in [3.63, 3.8) is 0 Å². The van der Waals surface area contributed by atoms with Gasteiger partial charge in [-0.05, 0) is 12.3 Å². The molecule has 1 aromatic rings. The molecule has 0 saturated carbocycles. The Morgan fingerprint density at radius 3 is 2.83 bits per heavy atom. The Balaban J connectivity index is 2.23. The van der Waals surface area contributed by atoms with Gasteiger partial charge in [0.25, 0.3) is 0 Å². The molecule has 100 valence electrons. The molecule has 0 aromatic carbocycles. The quantitative estimate of drug-likeness (QED) is 0.881. The van der Waals surface area contributed by atoms with Gasteiger partial charge in [-0.25, -0.2) is 9.78 Å². The minimum Gasteiger partial charge on any atom is -0.475 e. The molecule has 6 heteroatoms. The van der Waals surface area contributed by atoms with Gasteiger partial charge in [-0.1, -0.05) is 13.8 Å². The molecule has 0 spiro atoms. The predicted octanol–water partition coefficient (Wildman–Crippen LogP) is 1.66. The van der Waals surface area contributed by atoms with Gasteiger partial charge in [0.15, 0.2) is 6.10 Å². The molecule has 18 heavy (non-hydrogen) atoms. The zero-order valence-corrected chi connectivity index (χ0v) is 10.5. The van der Waals surface area contributed by atoms with Gasteiger partial charge in [-0.2, -0.15) is 0 Å². The van der Waals surface area contributed by atoms with Gasteiger partial charge < -0.3 is 19.0 Å². The van der Waals surface area contributed by atoms with E-state index in [0.717, 1.165) is 0 Å². The number of carboxylic acid groups (broad SMARTS) is 1. The first-order chi connectivity index (χ1) is 8.58. The van der Waals surface area contributed by atoms with Crippen LogP contribution in [0.2, 0.25) is 0 Å². The minimum atomic E-state index is -1.10. The third-order valence-electron chi connectivity index (χ3n) is 2.60. The zero-order chi connectivity index (χ0) is 13.1. The standard InChI is InChI=1S/C12H17NO5/c1-7(2)5-8-10(12(14)15)18-11(13-8)9-6-16-3-4-17-9/h7,9H,3-6H2,1-2H3,(H,14,15). The van der Waals surface area contributed by atoms with Crippen molar-refractivity contribution in [3.05, 3.63) is 17.3 Å². The van der Waals surface area contributed by atoms with Crippen LogP contribution in [0.25, 0.3) is 0 Å². The molecule has 1 aliphatic rings. The molecule has 1 unspecified atom stereocenters. The molecule has 2 rings (SSSR count). The second kappa shape index (κ2) is 5.49. The number of carbonyl (C=O) groups is 1. The zero-order valence-electron chi connectivity index (χ0n) is 10.5. The Bertz CT molecular complexity index is 420. The maximum absolute atomic E-state index is 11.1. The van der Waals surface area contributed by atoms with Crippen LogP contribution >= 0.6 is 0 Å². The normalized spacial score (nSPS) is 20.3. The van der Waals surface area contributed by atoms with Gasteiger partial charge in [0.05, 0.1) is 25.5 Å². The second-order valence-electron chi connectivity index (χ2n) is 4.67. The summed E-state index contributed by atoms with van der Waals surface area (Å²) in [6.07, 6.45) is 0.163. The van der Waals surface area contributed by atoms with E-state index >= 15 is 0 Å². The Labute approximate surface area is 105 Å². The Hall–Kier alpha value is -1.40. The van der Waals surface area contributed by atoms with E-state index < -0.39 is 12.1 Å². The SMILES string of the molecule is CC(C)Cc1nc(C2COCCO2)oc1C(=O)O. The molecule has 2 heterocycles. The lowest BCUT2D eigenvalue weighted by atomic mass is 10.1. The summed E-state index contributed by atoms with van der Waals surface area (Å²) in [6.45, 7) is 5.36. The largest absolute Gasteiger partial charge is 0.475 e. The van der Waals surface area contributed by atoms with Crippen molar-refractivity contribution in [1.29, 1.82) is 0 Å². The van der Waals surface area contributed by atoms with Crippen LogP contribution in [0.1, 0.15) is 42.1 Å². The van der Waals surface area contributed by atoms with Crippen LogP contribution < -0.4 is 0 Å². The number of nitrogens with zero attached hydrogens (tertiary/aromatic N) is 1. The topological polar surface area (TPSA) is 81.8 Å². The summed E-state index contributed by atoms with van der Waals surface area (Å²) in [6, 6.07) is 0. The maximum Gasteiger partial charge on any atom is 0.373 e. The molecule has 1 fully saturated rings. The van der Waals surface area contributed by atoms with Crippen LogP contribution in [-0.2, 0) is 15.9 Å². The highest BCUT2D eigenvalue weighted by molar-refractivity contribution is 5.85. The van der Waals surface area contributed by atoms with Crippen molar-refractivity contribution in [3.8, 4) is 0 Å². The average Bonchev–Trinajstić information content (AvgIpc) is 2.73. The third-order valence-corrected chi connectivity index (χ3v) is 2.60. The molecule has 0 amide bonds. The summed E-state index contributed by atoms with van der Waals surface area (Å²) in [5, 5.41) is 9.08. The Morgan fingerprint density at radius 2 is 2.28 bits per heavy atom. The van der Waals surface area contributed by atoms with Crippen molar-refractivity contribution in [2.45, 2.75) is 26.4 Å². The first-order valence-corrected chi connectivity index (χ1v) is 6.00. The molecule has 1 aromatic heterocycles. The Kier molecular flexibility index (Phi) is 3.98. The van der Waals surface area contributed by atoms with E-state index in [1.807, 2.05) is 13.8 Å². The lowest BCUT2D eigenvalue weighted by Crippen LogP contribution is -2.22.